The monoisotopic (exact) mass is 519 g/mol. The van der Waals surface area contributed by atoms with Gasteiger partial charge in [-0.15, -0.1) is 5.06 Å². The number of nitrogens with one attached hydrogen (secondary N) is 1. The first kappa shape index (κ1) is 24.9. The third kappa shape index (κ3) is 5.04. The average Bonchev–Trinajstić information content (AvgIpc) is 3.43. The third-order valence-corrected chi connectivity index (χ3v) is 5.94. The van der Waals surface area contributed by atoms with Crippen molar-refractivity contribution in [3.63, 3.8) is 0 Å². The van der Waals surface area contributed by atoms with Crippen LogP contribution < -0.4 is 10.2 Å². The van der Waals surface area contributed by atoms with Crippen molar-refractivity contribution in [3.05, 3.63) is 95.3 Å². The molecule has 0 radical (unpaired) electrons. The fourth-order valence-electron chi connectivity index (χ4n) is 4.07. The lowest BCUT2D eigenvalue weighted by Gasteiger charge is -2.16. The number of esters is 1. The minimum Gasteiger partial charge on any atom is -0.458 e. The van der Waals surface area contributed by atoms with Crippen molar-refractivity contribution in [2.24, 2.45) is 0 Å². The van der Waals surface area contributed by atoms with Crippen LogP contribution in [-0.2, 0) is 14.3 Å². The van der Waals surface area contributed by atoms with Crippen LogP contribution in [0.5, 0.6) is 0 Å². The fourth-order valence-corrected chi connectivity index (χ4v) is 4.07. The molecule has 1 N–H and O–H groups in total. The minimum atomic E-state index is -0.699. The van der Waals surface area contributed by atoms with Crippen LogP contribution in [0.4, 0.5) is 20.6 Å². The molecular formula is C27H22FN3O7. The van der Waals surface area contributed by atoms with Gasteiger partial charge < -0.3 is 14.8 Å². The maximum atomic E-state index is 14.7. The minimum absolute atomic E-state index is 0.0749. The number of ether oxygens (including phenoxy) is 2. The summed E-state index contributed by atoms with van der Waals surface area (Å²) in [6.07, 6.45) is -1.38. The lowest BCUT2D eigenvalue weighted by molar-refractivity contribution is -0.0874. The first-order valence-electron chi connectivity index (χ1n) is 11.8. The Bertz CT molecular complexity index is 1360. The number of carbonyl (C=O) groups excluding carboxylic acids is 4. The Balaban J connectivity index is 1.11. The van der Waals surface area contributed by atoms with Crippen molar-refractivity contribution in [1.82, 2.24) is 5.06 Å². The molecule has 0 aliphatic carbocycles. The summed E-state index contributed by atoms with van der Waals surface area (Å²) in [5.74, 6) is -2.26. The van der Waals surface area contributed by atoms with Gasteiger partial charge in [-0.25, -0.2) is 14.0 Å². The molecule has 0 saturated carbocycles. The number of amides is 3. The maximum absolute atomic E-state index is 14.7. The zero-order valence-corrected chi connectivity index (χ0v) is 20.0. The van der Waals surface area contributed by atoms with Gasteiger partial charge in [-0.05, 0) is 42.5 Å². The summed E-state index contributed by atoms with van der Waals surface area (Å²) >= 11 is 0. The molecule has 3 amide bonds. The number of anilines is 2. The normalized spacial score (nSPS) is 16.4. The molecule has 2 aliphatic rings. The van der Waals surface area contributed by atoms with Gasteiger partial charge in [0.25, 0.3) is 11.8 Å². The van der Waals surface area contributed by atoms with E-state index in [0.717, 1.165) is 0 Å². The third-order valence-electron chi connectivity index (χ3n) is 5.94. The highest BCUT2D eigenvalue weighted by atomic mass is 19.1. The number of rotatable bonds is 9. The molecule has 3 aromatic carbocycles. The van der Waals surface area contributed by atoms with Crippen LogP contribution in [-0.4, -0.2) is 61.3 Å². The van der Waals surface area contributed by atoms with Crippen LogP contribution >= 0.6 is 0 Å². The van der Waals surface area contributed by atoms with Crippen LogP contribution in [0.15, 0.2) is 72.8 Å². The number of fused-ring (bicyclic) bond motifs is 1. The van der Waals surface area contributed by atoms with Gasteiger partial charge >= 0.3 is 12.1 Å². The second-order valence-corrected chi connectivity index (χ2v) is 8.46. The molecule has 194 valence electrons. The number of nitrogens with zero attached hydrogens (tertiary/aromatic N) is 2. The van der Waals surface area contributed by atoms with E-state index >= 15 is 0 Å². The number of hydrogen-bond donors (Lipinski definition) is 1. The molecule has 0 aromatic heterocycles. The molecule has 5 rings (SSSR count). The van der Waals surface area contributed by atoms with E-state index in [1.807, 2.05) is 0 Å². The SMILES string of the molecule is O=C(OC[C@H]1CN(c2ccc(NCCON3C(=O)c4ccccc4C3=O)c(F)c2)C(=O)O1)c1ccccc1. The zero-order chi connectivity index (χ0) is 26.6. The highest BCUT2D eigenvalue weighted by molar-refractivity contribution is 6.20. The fraction of sp³-hybridized carbons (Fsp3) is 0.185. The number of benzene rings is 3. The van der Waals surface area contributed by atoms with Crippen LogP contribution in [0.25, 0.3) is 0 Å². The summed E-state index contributed by atoms with van der Waals surface area (Å²) in [5.41, 5.74) is 1.33. The number of cyclic esters (lactones) is 1. The van der Waals surface area contributed by atoms with E-state index in [4.69, 9.17) is 14.3 Å². The highest BCUT2D eigenvalue weighted by Gasteiger charge is 2.36. The molecule has 1 atom stereocenters. The predicted octanol–water partition coefficient (Wildman–Crippen LogP) is 3.65. The van der Waals surface area contributed by atoms with E-state index in [9.17, 15) is 23.6 Å². The van der Waals surface area contributed by atoms with Crippen molar-refractivity contribution in [3.8, 4) is 0 Å². The van der Waals surface area contributed by atoms with Crippen LogP contribution in [0.1, 0.15) is 31.1 Å². The van der Waals surface area contributed by atoms with E-state index in [-0.39, 0.29) is 48.8 Å². The second kappa shape index (κ2) is 10.7. The molecule has 1 fully saturated rings. The lowest BCUT2D eigenvalue weighted by Crippen LogP contribution is -2.31. The summed E-state index contributed by atoms with van der Waals surface area (Å²) in [6.45, 7) is -0.0226. The van der Waals surface area contributed by atoms with Crippen molar-refractivity contribution < 1.29 is 37.9 Å². The molecule has 0 bridgehead atoms. The van der Waals surface area contributed by atoms with E-state index in [1.165, 1.54) is 23.1 Å². The first-order valence-corrected chi connectivity index (χ1v) is 11.8. The van der Waals surface area contributed by atoms with E-state index in [0.29, 0.717) is 10.6 Å². The number of carbonyl (C=O) groups is 4. The Morgan fingerprint density at radius 1 is 0.974 bits per heavy atom. The van der Waals surface area contributed by atoms with Crippen LogP contribution in [0, 0.1) is 5.82 Å². The average molecular weight is 519 g/mol. The van der Waals surface area contributed by atoms with Crippen molar-refractivity contribution in [1.29, 1.82) is 0 Å². The van der Waals surface area contributed by atoms with Crippen molar-refractivity contribution in [2.75, 3.05) is 36.5 Å². The summed E-state index contributed by atoms with van der Waals surface area (Å²) in [5, 5.41) is 3.53. The lowest BCUT2D eigenvalue weighted by atomic mass is 10.1. The smallest absolute Gasteiger partial charge is 0.414 e. The van der Waals surface area contributed by atoms with Gasteiger partial charge in [0.05, 0.1) is 41.2 Å². The Morgan fingerprint density at radius 2 is 1.66 bits per heavy atom. The van der Waals surface area contributed by atoms with Gasteiger partial charge in [0, 0.05) is 6.54 Å². The quantitative estimate of drug-likeness (QED) is 0.259. The van der Waals surface area contributed by atoms with Gasteiger partial charge in [-0.2, -0.15) is 0 Å². The Hall–Kier alpha value is -4.77. The standard InChI is InChI=1S/C27H22FN3O7/c28-22-14-18(30-15-19(38-27(30)35)16-36-26(34)17-6-2-1-3-7-17)10-11-23(22)29-12-13-37-31-24(32)20-8-4-5-9-21(20)25(31)33/h1-11,14,19,29H,12-13,15-16H2/t19-/m1/s1. The van der Waals surface area contributed by atoms with Gasteiger partial charge in [-0.1, -0.05) is 30.3 Å². The summed E-state index contributed by atoms with van der Waals surface area (Å²) in [4.78, 5) is 55.6. The van der Waals surface area contributed by atoms with Gasteiger partial charge in [0.15, 0.2) is 6.10 Å². The van der Waals surface area contributed by atoms with Crippen LogP contribution in [0.3, 0.4) is 0 Å². The van der Waals surface area contributed by atoms with Crippen molar-refractivity contribution in [2.45, 2.75) is 6.10 Å². The molecule has 0 spiro atoms. The molecule has 10 nitrogen and oxygen atoms in total. The molecular weight excluding hydrogens is 497 g/mol. The number of imide groups is 1. The molecule has 11 heteroatoms. The Kier molecular flexibility index (Phi) is 7.00. The molecule has 1 saturated heterocycles. The summed E-state index contributed by atoms with van der Waals surface area (Å²) < 4.78 is 25.2. The van der Waals surface area contributed by atoms with E-state index < -0.39 is 35.8 Å². The largest absolute Gasteiger partial charge is 0.458 e. The Morgan fingerprint density at radius 3 is 2.34 bits per heavy atom. The number of hydroxylamine groups is 2. The molecule has 2 heterocycles. The van der Waals surface area contributed by atoms with Gasteiger partial charge in [0.2, 0.25) is 0 Å². The molecule has 0 unspecified atom stereocenters. The van der Waals surface area contributed by atoms with E-state index in [2.05, 4.69) is 5.32 Å². The number of hydrogen-bond acceptors (Lipinski definition) is 8. The predicted molar refractivity (Wildman–Crippen MR) is 132 cm³/mol. The number of halogens is 1. The van der Waals surface area contributed by atoms with Gasteiger partial charge in [-0.3, -0.25) is 19.3 Å². The topological polar surface area (TPSA) is 114 Å². The van der Waals surface area contributed by atoms with E-state index in [1.54, 1.807) is 54.6 Å². The second-order valence-electron chi connectivity index (χ2n) is 8.46. The molecule has 3 aromatic rings. The molecule has 2 aliphatic heterocycles. The Labute approximate surface area is 216 Å². The molecule has 38 heavy (non-hydrogen) atoms. The zero-order valence-electron chi connectivity index (χ0n) is 20.0. The van der Waals surface area contributed by atoms with Gasteiger partial charge in [0.1, 0.15) is 12.4 Å². The maximum Gasteiger partial charge on any atom is 0.414 e. The summed E-state index contributed by atoms with van der Waals surface area (Å²) in [7, 11) is 0. The first-order chi connectivity index (χ1) is 18.4. The summed E-state index contributed by atoms with van der Waals surface area (Å²) in [6, 6.07) is 19.0. The van der Waals surface area contributed by atoms with Crippen molar-refractivity contribution >= 4 is 35.3 Å². The highest BCUT2D eigenvalue weighted by Crippen LogP contribution is 2.27. The van der Waals surface area contributed by atoms with Crippen LogP contribution in [0.2, 0.25) is 0 Å².